The number of hydrogen-bond donors (Lipinski definition) is 1. The minimum absolute atomic E-state index is 0. The largest absolute Gasteiger partial charge is 0.497 e. The van der Waals surface area contributed by atoms with Gasteiger partial charge in [-0.1, -0.05) is 6.07 Å². The Balaban J connectivity index is 0.00000108. The van der Waals surface area contributed by atoms with Crippen molar-refractivity contribution in [3.05, 3.63) is 29.3 Å². The summed E-state index contributed by atoms with van der Waals surface area (Å²) in [6, 6.07) is 6.82. The molecule has 1 fully saturated rings. The molecule has 2 unspecified atom stereocenters. The average Bonchev–Trinajstić information content (AvgIpc) is 2.38. The second-order valence-corrected chi connectivity index (χ2v) is 4.46. The van der Waals surface area contributed by atoms with Crippen LogP contribution in [0.25, 0.3) is 0 Å². The smallest absolute Gasteiger partial charge is 0.119 e. The molecule has 2 atom stereocenters. The van der Waals surface area contributed by atoms with Gasteiger partial charge < -0.3 is 14.8 Å². The molecule has 0 bridgehead atoms. The Morgan fingerprint density at radius 1 is 1.41 bits per heavy atom. The molecule has 0 saturated carbocycles. The SMILES string of the molecule is COc1ccc2c(c1)CCC1NCCOC21.Cl. The van der Waals surface area contributed by atoms with Crippen molar-refractivity contribution in [3.63, 3.8) is 0 Å². The first-order valence-corrected chi connectivity index (χ1v) is 5.90. The Bertz CT molecular complexity index is 397. The first-order valence-electron chi connectivity index (χ1n) is 5.90. The fourth-order valence-corrected chi connectivity index (χ4v) is 2.73. The fraction of sp³-hybridized carbons (Fsp3) is 0.538. The maximum Gasteiger partial charge on any atom is 0.119 e. The van der Waals surface area contributed by atoms with Crippen LogP contribution in [-0.2, 0) is 11.2 Å². The number of ether oxygens (including phenoxy) is 2. The van der Waals surface area contributed by atoms with Gasteiger partial charge >= 0.3 is 0 Å². The molecule has 0 spiro atoms. The van der Waals surface area contributed by atoms with Gasteiger partial charge in [-0.2, -0.15) is 0 Å². The van der Waals surface area contributed by atoms with Crippen LogP contribution in [0.3, 0.4) is 0 Å². The van der Waals surface area contributed by atoms with Crippen molar-refractivity contribution in [2.24, 2.45) is 0 Å². The molecule has 94 valence electrons. The molecule has 1 saturated heterocycles. The quantitative estimate of drug-likeness (QED) is 0.834. The summed E-state index contributed by atoms with van der Waals surface area (Å²) in [7, 11) is 1.71. The summed E-state index contributed by atoms with van der Waals surface area (Å²) in [5.41, 5.74) is 2.72. The van der Waals surface area contributed by atoms with Gasteiger partial charge in [0.1, 0.15) is 5.75 Å². The lowest BCUT2D eigenvalue weighted by molar-refractivity contribution is -0.0127. The zero-order valence-corrected chi connectivity index (χ0v) is 10.8. The summed E-state index contributed by atoms with van der Waals surface area (Å²) in [5.74, 6) is 0.945. The van der Waals surface area contributed by atoms with Crippen LogP contribution >= 0.6 is 12.4 Å². The molecule has 3 rings (SSSR count). The molecule has 0 amide bonds. The lowest BCUT2D eigenvalue weighted by Crippen LogP contribution is -2.45. The van der Waals surface area contributed by atoms with Gasteiger partial charge in [0.25, 0.3) is 0 Å². The van der Waals surface area contributed by atoms with E-state index in [0.29, 0.717) is 6.04 Å². The van der Waals surface area contributed by atoms with Gasteiger partial charge in [0, 0.05) is 12.6 Å². The fourth-order valence-electron chi connectivity index (χ4n) is 2.73. The van der Waals surface area contributed by atoms with Crippen LogP contribution in [0.4, 0.5) is 0 Å². The van der Waals surface area contributed by atoms with Gasteiger partial charge in [-0.05, 0) is 36.1 Å². The number of halogens is 1. The van der Waals surface area contributed by atoms with Gasteiger partial charge in [-0.25, -0.2) is 0 Å². The number of aryl methyl sites for hydroxylation is 1. The molecule has 1 aliphatic heterocycles. The summed E-state index contributed by atoms with van der Waals surface area (Å²) >= 11 is 0. The number of methoxy groups -OCH3 is 1. The summed E-state index contributed by atoms with van der Waals surface area (Å²) in [5, 5.41) is 3.53. The number of benzene rings is 1. The van der Waals surface area contributed by atoms with E-state index in [9.17, 15) is 0 Å². The van der Waals surface area contributed by atoms with Crippen molar-refractivity contribution >= 4 is 12.4 Å². The summed E-state index contributed by atoms with van der Waals surface area (Å²) in [6.07, 6.45) is 2.51. The first kappa shape index (κ1) is 12.7. The predicted molar refractivity (Wildman–Crippen MR) is 69.0 cm³/mol. The van der Waals surface area contributed by atoms with Crippen LogP contribution in [0.15, 0.2) is 18.2 Å². The van der Waals surface area contributed by atoms with E-state index in [1.807, 2.05) is 6.07 Å². The Morgan fingerprint density at radius 2 is 2.29 bits per heavy atom. The van der Waals surface area contributed by atoms with Gasteiger partial charge in [-0.3, -0.25) is 0 Å². The summed E-state index contributed by atoms with van der Waals surface area (Å²) < 4.78 is 11.1. The summed E-state index contributed by atoms with van der Waals surface area (Å²) in [4.78, 5) is 0. The van der Waals surface area contributed by atoms with Crippen molar-refractivity contribution in [2.75, 3.05) is 20.3 Å². The Morgan fingerprint density at radius 3 is 3.12 bits per heavy atom. The van der Waals surface area contributed by atoms with Gasteiger partial charge in [0.05, 0.1) is 19.8 Å². The number of hydrogen-bond acceptors (Lipinski definition) is 3. The first-order chi connectivity index (χ1) is 7.88. The van der Waals surface area contributed by atoms with E-state index in [4.69, 9.17) is 9.47 Å². The van der Waals surface area contributed by atoms with Crippen molar-refractivity contribution in [1.29, 1.82) is 0 Å². The van der Waals surface area contributed by atoms with E-state index in [2.05, 4.69) is 17.4 Å². The molecule has 17 heavy (non-hydrogen) atoms. The highest BCUT2D eigenvalue weighted by Gasteiger charge is 2.32. The molecule has 1 aromatic rings. The zero-order valence-electron chi connectivity index (χ0n) is 9.94. The van der Waals surface area contributed by atoms with E-state index in [0.717, 1.165) is 31.7 Å². The summed E-state index contributed by atoms with van der Waals surface area (Å²) in [6.45, 7) is 1.79. The van der Waals surface area contributed by atoms with Crippen LogP contribution in [0.1, 0.15) is 23.7 Å². The van der Waals surface area contributed by atoms with E-state index in [1.54, 1.807) is 7.11 Å². The Hall–Kier alpha value is -0.770. The molecular weight excluding hydrogens is 238 g/mol. The third-order valence-electron chi connectivity index (χ3n) is 3.55. The second-order valence-electron chi connectivity index (χ2n) is 4.46. The number of morpholine rings is 1. The normalized spacial score (nSPS) is 26.4. The minimum atomic E-state index is 0. The highest BCUT2D eigenvalue weighted by Crippen LogP contribution is 2.35. The maximum atomic E-state index is 5.88. The van der Waals surface area contributed by atoms with Crippen LogP contribution in [0, 0.1) is 0 Å². The molecule has 2 aliphatic rings. The van der Waals surface area contributed by atoms with Gasteiger partial charge in [0.2, 0.25) is 0 Å². The molecule has 1 N–H and O–H groups in total. The third-order valence-corrected chi connectivity index (χ3v) is 3.55. The molecule has 1 heterocycles. The molecule has 3 nitrogen and oxygen atoms in total. The zero-order chi connectivity index (χ0) is 11.0. The molecular formula is C13H18ClNO2. The standard InChI is InChI=1S/C13H17NO2.ClH/c1-15-10-3-4-11-9(8-10)2-5-12-13(11)16-7-6-14-12;/h3-4,8,12-14H,2,5-7H2,1H3;1H. The molecule has 1 aliphatic carbocycles. The van der Waals surface area contributed by atoms with Crippen LogP contribution in [0.5, 0.6) is 5.75 Å². The average molecular weight is 256 g/mol. The second kappa shape index (κ2) is 5.25. The molecule has 4 heteroatoms. The topological polar surface area (TPSA) is 30.5 Å². The van der Waals surface area contributed by atoms with E-state index in [1.165, 1.54) is 11.1 Å². The van der Waals surface area contributed by atoms with Crippen LogP contribution < -0.4 is 10.1 Å². The number of nitrogens with one attached hydrogen (secondary N) is 1. The monoisotopic (exact) mass is 255 g/mol. The van der Waals surface area contributed by atoms with Gasteiger partial charge in [-0.15, -0.1) is 12.4 Å². The van der Waals surface area contributed by atoms with Crippen molar-refractivity contribution in [3.8, 4) is 5.75 Å². The van der Waals surface area contributed by atoms with E-state index in [-0.39, 0.29) is 18.5 Å². The van der Waals surface area contributed by atoms with Crippen LogP contribution in [-0.4, -0.2) is 26.3 Å². The van der Waals surface area contributed by atoms with Crippen LogP contribution in [0.2, 0.25) is 0 Å². The van der Waals surface area contributed by atoms with Crippen molar-refractivity contribution < 1.29 is 9.47 Å². The molecule has 0 radical (unpaired) electrons. The van der Waals surface area contributed by atoms with Gasteiger partial charge in [0.15, 0.2) is 0 Å². The van der Waals surface area contributed by atoms with Crippen molar-refractivity contribution in [1.82, 2.24) is 5.32 Å². The highest BCUT2D eigenvalue weighted by atomic mass is 35.5. The van der Waals surface area contributed by atoms with E-state index < -0.39 is 0 Å². The molecule has 1 aromatic carbocycles. The molecule has 0 aromatic heterocycles. The van der Waals surface area contributed by atoms with E-state index >= 15 is 0 Å². The number of fused-ring (bicyclic) bond motifs is 3. The number of rotatable bonds is 1. The lowest BCUT2D eigenvalue weighted by atomic mass is 9.85. The third kappa shape index (κ3) is 2.28. The lowest BCUT2D eigenvalue weighted by Gasteiger charge is -2.37. The Labute approximate surface area is 108 Å². The Kier molecular flexibility index (Phi) is 3.92. The minimum Gasteiger partial charge on any atom is -0.497 e. The maximum absolute atomic E-state index is 5.88. The van der Waals surface area contributed by atoms with Crippen molar-refractivity contribution in [2.45, 2.75) is 25.0 Å². The predicted octanol–water partition coefficient (Wildman–Crippen LogP) is 2.09. The highest BCUT2D eigenvalue weighted by molar-refractivity contribution is 5.85.